The summed E-state index contributed by atoms with van der Waals surface area (Å²) in [4.78, 5) is 13.8. The molecule has 1 amide bonds. The Bertz CT molecular complexity index is 644. The second kappa shape index (κ2) is 6.11. The van der Waals surface area contributed by atoms with E-state index in [0.717, 1.165) is 5.56 Å². The van der Waals surface area contributed by atoms with Crippen molar-refractivity contribution in [2.45, 2.75) is 19.4 Å². The lowest BCUT2D eigenvalue weighted by Gasteiger charge is -2.27. The number of hydrogen-bond donors (Lipinski definition) is 1. The number of nitrogens with zero attached hydrogens (tertiary/aromatic N) is 1. The molecule has 5 nitrogen and oxygen atoms in total. The molecule has 1 aromatic carbocycles. The molecule has 7 heteroatoms. The molecular weight excluding hydrogens is 297 g/mol. The molecule has 0 aromatic heterocycles. The van der Waals surface area contributed by atoms with Gasteiger partial charge in [0.15, 0.2) is 9.84 Å². The highest BCUT2D eigenvalue weighted by atomic mass is 32.2. The van der Waals surface area contributed by atoms with Crippen molar-refractivity contribution in [1.29, 1.82) is 0 Å². The number of carbonyl (C=O) groups excluding carboxylic acids is 1. The number of halogens is 1. The van der Waals surface area contributed by atoms with Crippen LogP contribution in [-0.2, 0) is 9.84 Å². The molecule has 0 aliphatic carbocycles. The number of aliphatic hydroxyl groups excluding tert-OH is 1. The average molecular weight is 315 g/mol. The van der Waals surface area contributed by atoms with Crippen molar-refractivity contribution in [2.24, 2.45) is 0 Å². The van der Waals surface area contributed by atoms with Crippen molar-refractivity contribution in [1.82, 2.24) is 4.90 Å². The third-order valence-electron chi connectivity index (χ3n) is 3.60. The molecule has 0 spiro atoms. The first-order valence-electron chi connectivity index (χ1n) is 6.72. The van der Waals surface area contributed by atoms with Crippen LogP contribution in [0.25, 0.3) is 0 Å². The maximum atomic E-state index is 13.8. The monoisotopic (exact) mass is 315 g/mol. The lowest BCUT2D eigenvalue weighted by Crippen LogP contribution is -2.43. The number of sulfone groups is 1. The van der Waals surface area contributed by atoms with Crippen molar-refractivity contribution >= 4 is 15.7 Å². The summed E-state index contributed by atoms with van der Waals surface area (Å²) < 4.78 is 36.9. The van der Waals surface area contributed by atoms with Crippen LogP contribution in [-0.4, -0.2) is 55.0 Å². The number of benzene rings is 1. The Balaban J connectivity index is 2.30. The predicted octanol–water partition coefficient (Wildman–Crippen LogP) is 0.756. The molecule has 1 aliphatic rings. The zero-order chi connectivity index (χ0) is 15.6. The van der Waals surface area contributed by atoms with Gasteiger partial charge in [-0.25, -0.2) is 12.8 Å². The van der Waals surface area contributed by atoms with Gasteiger partial charge in [0.05, 0.1) is 23.7 Å². The third-order valence-corrected chi connectivity index (χ3v) is 5.35. The summed E-state index contributed by atoms with van der Waals surface area (Å²) in [5.41, 5.74) is 0.649. The third kappa shape index (κ3) is 3.59. The van der Waals surface area contributed by atoms with Gasteiger partial charge in [0.1, 0.15) is 5.82 Å². The molecule has 0 bridgehead atoms. The summed E-state index contributed by atoms with van der Waals surface area (Å²) in [5, 5.41) is 9.11. The molecule has 0 radical (unpaired) electrons. The van der Waals surface area contributed by atoms with Gasteiger partial charge >= 0.3 is 0 Å². The molecule has 1 atom stereocenters. The molecule has 1 N–H and O–H groups in total. The molecule has 2 rings (SSSR count). The Morgan fingerprint density at radius 2 is 2.19 bits per heavy atom. The van der Waals surface area contributed by atoms with Crippen LogP contribution in [0.5, 0.6) is 0 Å². The van der Waals surface area contributed by atoms with Gasteiger partial charge in [-0.05, 0) is 25.5 Å². The Kier molecular flexibility index (Phi) is 4.63. The largest absolute Gasteiger partial charge is 0.395 e. The van der Waals surface area contributed by atoms with Crippen molar-refractivity contribution in [3.63, 3.8) is 0 Å². The van der Waals surface area contributed by atoms with E-state index in [2.05, 4.69) is 0 Å². The minimum atomic E-state index is -3.16. The Labute approximate surface area is 123 Å². The van der Waals surface area contributed by atoms with Crippen molar-refractivity contribution in [2.75, 3.05) is 24.7 Å². The smallest absolute Gasteiger partial charge is 0.257 e. The first-order chi connectivity index (χ1) is 9.84. The Morgan fingerprint density at radius 3 is 2.76 bits per heavy atom. The van der Waals surface area contributed by atoms with E-state index in [4.69, 9.17) is 5.11 Å². The molecule has 1 heterocycles. The molecule has 1 fully saturated rings. The average Bonchev–Trinajstić information content (AvgIpc) is 2.78. The predicted molar refractivity (Wildman–Crippen MR) is 76.3 cm³/mol. The fourth-order valence-electron chi connectivity index (χ4n) is 2.54. The number of rotatable bonds is 4. The zero-order valence-electron chi connectivity index (χ0n) is 11.8. The van der Waals surface area contributed by atoms with E-state index in [-0.39, 0.29) is 30.2 Å². The maximum Gasteiger partial charge on any atom is 0.257 e. The van der Waals surface area contributed by atoms with E-state index in [0.29, 0.717) is 6.42 Å². The van der Waals surface area contributed by atoms with Crippen LogP contribution in [0.3, 0.4) is 0 Å². The molecule has 1 saturated heterocycles. The lowest BCUT2D eigenvalue weighted by molar-refractivity contribution is 0.0650. The van der Waals surface area contributed by atoms with Gasteiger partial charge in [-0.1, -0.05) is 11.6 Å². The van der Waals surface area contributed by atoms with Gasteiger partial charge in [-0.2, -0.15) is 0 Å². The quantitative estimate of drug-likeness (QED) is 0.890. The zero-order valence-corrected chi connectivity index (χ0v) is 12.6. The second-order valence-electron chi connectivity index (χ2n) is 5.26. The molecule has 21 heavy (non-hydrogen) atoms. The highest BCUT2D eigenvalue weighted by Gasteiger charge is 2.35. The first-order valence-corrected chi connectivity index (χ1v) is 8.54. The molecule has 1 aromatic rings. The van der Waals surface area contributed by atoms with Crippen LogP contribution in [0, 0.1) is 12.7 Å². The number of aryl methyl sites for hydroxylation is 1. The van der Waals surface area contributed by atoms with Crippen LogP contribution >= 0.6 is 0 Å². The van der Waals surface area contributed by atoms with E-state index < -0.39 is 27.6 Å². The molecule has 116 valence electrons. The van der Waals surface area contributed by atoms with Crippen LogP contribution in [0.4, 0.5) is 4.39 Å². The van der Waals surface area contributed by atoms with E-state index in [1.165, 1.54) is 17.0 Å². The molecule has 0 saturated carbocycles. The van der Waals surface area contributed by atoms with Gasteiger partial charge in [0.25, 0.3) is 5.91 Å². The molecule has 1 unspecified atom stereocenters. The highest BCUT2D eigenvalue weighted by Crippen LogP contribution is 2.21. The summed E-state index contributed by atoms with van der Waals surface area (Å²) in [5.74, 6) is -1.34. The standard InChI is InChI=1S/C14H18FNO4S/c1-10-2-3-13(15)12(8-10)14(18)16(5-6-17)11-4-7-21(19,20)9-11/h2-3,8,11,17H,4-7,9H2,1H3. The molecule has 1 aliphatic heterocycles. The fourth-order valence-corrected chi connectivity index (χ4v) is 4.27. The van der Waals surface area contributed by atoms with Gasteiger partial charge in [0.2, 0.25) is 0 Å². The lowest BCUT2D eigenvalue weighted by atomic mass is 10.1. The number of amides is 1. The number of hydrogen-bond acceptors (Lipinski definition) is 4. The van der Waals surface area contributed by atoms with Crippen molar-refractivity contribution in [3.8, 4) is 0 Å². The summed E-state index contributed by atoms with van der Waals surface area (Å²) in [6.07, 6.45) is 0.321. The van der Waals surface area contributed by atoms with Crippen LogP contribution in [0.15, 0.2) is 18.2 Å². The molecular formula is C14H18FNO4S. The maximum absolute atomic E-state index is 13.8. The topological polar surface area (TPSA) is 74.7 Å². The van der Waals surface area contributed by atoms with Gasteiger partial charge in [-0.3, -0.25) is 4.79 Å². The van der Waals surface area contributed by atoms with Gasteiger partial charge < -0.3 is 10.0 Å². The van der Waals surface area contributed by atoms with E-state index in [1.54, 1.807) is 13.0 Å². The summed E-state index contributed by atoms with van der Waals surface area (Å²) >= 11 is 0. The van der Waals surface area contributed by atoms with Gasteiger partial charge in [0, 0.05) is 12.6 Å². The van der Waals surface area contributed by atoms with E-state index in [1.807, 2.05) is 0 Å². The van der Waals surface area contributed by atoms with Gasteiger partial charge in [-0.15, -0.1) is 0 Å². The van der Waals surface area contributed by atoms with E-state index >= 15 is 0 Å². The normalized spacial score (nSPS) is 20.4. The number of aliphatic hydroxyl groups is 1. The van der Waals surface area contributed by atoms with Crippen LogP contribution in [0.2, 0.25) is 0 Å². The second-order valence-corrected chi connectivity index (χ2v) is 7.49. The highest BCUT2D eigenvalue weighted by molar-refractivity contribution is 7.91. The van der Waals surface area contributed by atoms with Crippen molar-refractivity contribution < 1.29 is 22.7 Å². The SMILES string of the molecule is Cc1ccc(F)c(C(=O)N(CCO)C2CCS(=O)(=O)C2)c1. The summed E-state index contributed by atoms with van der Waals surface area (Å²) in [6, 6.07) is 3.70. The Morgan fingerprint density at radius 1 is 1.48 bits per heavy atom. The minimum Gasteiger partial charge on any atom is -0.395 e. The van der Waals surface area contributed by atoms with E-state index in [9.17, 15) is 17.6 Å². The summed E-state index contributed by atoms with van der Waals surface area (Å²) in [6.45, 7) is 1.44. The van der Waals surface area contributed by atoms with Crippen LogP contribution in [0.1, 0.15) is 22.3 Å². The Hall–Kier alpha value is -1.47. The van der Waals surface area contributed by atoms with Crippen molar-refractivity contribution in [3.05, 3.63) is 35.1 Å². The summed E-state index contributed by atoms with van der Waals surface area (Å²) in [7, 11) is -3.16. The minimum absolute atomic E-state index is 0.00754. The first kappa shape index (κ1) is 15.9. The van der Waals surface area contributed by atoms with Crippen LogP contribution < -0.4 is 0 Å². The number of carbonyl (C=O) groups is 1. The fraction of sp³-hybridized carbons (Fsp3) is 0.500.